The summed E-state index contributed by atoms with van der Waals surface area (Å²) in [6.45, 7) is 2.73. The molecule has 4 aliphatic heterocycles. The first-order valence-corrected chi connectivity index (χ1v) is 13.8. The second kappa shape index (κ2) is 9.50. The van der Waals surface area contributed by atoms with Gasteiger partial charge in [0.15, 0.2) is 11.5 Å². The van der Waals surface area contributed by atoms with Crippen LogP contribution in [0, 0.1) is 0 Å². The Morgan fingerprint density at radius 3 is 2.61 bits per heavy atom. The normalized spacial score (nSPS) is 20.2. The van der Waals surface area contributed by atoms with Crippen molar-refractivity contribution >= 4 is 28.9 Å². The first-order valence-electron chi connectivity index (χ1n) is 13.8. The number of ether oxygens (including phenoxy) is 4. The fourth-order valence-corrected chi connectivity index (χ4v) is 6.12. The molecular formula is C29H28N4O8. The lowest BCUT2D eigenvalue weighted by molar-refractivity contribution is -0.188. The van der Waals surface area contributed by atoms with Crippen LogP contribution in [0.1, 0.15) is 49.3 Å². The molecule has 0 unspecified atom stereocenters. The predicted octanol–water partition coefficient (Wildman–Crippen LogP) is 2.55. The summed E-state index contributed by atoms with van der Waals surface area (Å²) in [5.74, 6) is -0.328. The minimum Gasteiger partial charge on any atom is -0.457 e. The number of nitrogens with one attached hydrogen (secondary N) is 1. The summed E-state index contributed by atoms with van der Waals surface area (Å²) in [4.78, 5) is 58.9. The van der Waals surface area contributed by atoms with Crippen LogP contribution in [0.15, 0.2) is 29.1 Å². The first kappa shape index (κ1) is 25.4. The molecule has 1 saturated heterocycles. The number of fused-ring (bicyclic) bond motifs is 6. The van der Waals surface area contributed by atoms with E-state index in [4.69, 9.17) is 23.9 Å². The van der Waals surface area contributed by atoms with E-state index in [2.05, 4.69) is 5.32 Å². The van der Waals surface area contributed by atoms with Crippen LogP contribution in [0.5, 0.6) is 11.5 Å². The summed E-state index contributed by atoms with van der Waals surface area (Å²) in [6, 6.07) is 6.97. The minimum atomic E-state index is -1.83. The second-order valence-electron chi connectivity index (χ2n) is 10.6. The fourth-order valence-electron chi connectivity index (χ4n) is 6.12. The zero-order valence-electron chi connectivity index (χ0n) is 22.5. The van der Waals surface area contributed by atoms with Crippen LogP contribution < -0.4 is 20.3 Å². The standard InChI is InChI=1S/C29H28N4O8/c1-2-29(41-24(34)12-30-28(37)32-6-4-3-5-7-32)19-10-21-25-17(13-33(21)26(35)18(19)14-38-27(29)36)8-16-9-22-23(40-15-39-22)11-20(16)31-25/h8-11H,2-7,12-15H2,1H3,(H,30,37)/t29-/m0/s1. The van der Waals surface area contributed by atoms with E-state index in [1.807, 2.05) is 12.1 Å². The Morgan fingerprint density at radius 1 is 1.05 bits per heavy atom. The predicted molar refractivity (Wildman–Crippen MR) is 143 cm³/mol. The maximum Gasteiger partial charge on any atom is 0.355 e. The number of carbonyl (C=O) groups excluding carboxylic acids is 3. The highest BCUT2D eigenvalue weighted by Gasteiger charge is 2.50. The molecule has 4 aliphatic rings. The van der Waals surface area contributed by atoms with Crippen LogP contribution in [-0.2, 0) is 37.8 Å². The van der Waals surface area contributed by atoms with E-state index >= 15 is 0 Å². The van der Waals surface area contributed by atoms with Gasteiger partial charge in [0, 0.05) is 35.7 Å². The number of amides is 2. The van der Waals surface area contributed by atoms with Crippen molar-refractivity contribution in [2.75, 3.05) is 26.4 Å². The number of cyclic esters (lactones) is 1. The van der Waals surface area contributed by atoms with E-state index in [0.29, 0.717) is 48.0 Å². The Kier molecular flexibility index (Phi) is 5.87. The Labute approximate surface area is 234 Å². The summed E-state index contributed by atoms with van der Waals surface area (Å²) in [5.41, 5.74) is 0.980. The molecule has 2 aromatic heterocycles. The molecular weight excluding hydrogens is 532 g/mol. The van der Waals surface area contributed by atoms with Gasteiger partial charge in [-0.05, 0) is 43.9 Å². The number of benzene rings is 1. The molecule has 0 spiro atoms. The molecule has 12 nitrogen and oxygen atoms in total. The highest BCUT2D eigenvalue weighted by Crippen LogP contribution is 2.42. The van der Waals surface area contributed by atoms with Crippen LogP contribution in [0.4, 0.5) is 4.79 Å². The van der Waals surface area contributed by atoms with Gasteiger partial charge in [-0.3, -0.25) is 9.59 Å². The number of nitrogens with zero attached hydrogens (tertiary/aromatic N) is 3. The number of aromatic nitrogens is 2. The van der Waals surface area contributed by atoms with Gasteiger partial charge in [-0.15, -0.1) is 0 Å². The van der Waals surface area contributed by atoms with Gasteiger partial charge >= 0.3 is 18.0 Å². The van der Waals surface area contributed by atoms with Gasteiger partial charge < -0.3 is 33.7 Å². The number of hydrogen-bond acceptors (Lipinski definition) is 9. The molecule has 3 aromatic rings. The first-order chi connectivity index (χ1) is 19.9. The minimum absolute atomic E-state index is 0.0367. The number of esters is 2. The summed E-state index contributed by atoms with van der Waals surface area (Å²) in [5, 5.41) is 3.44. The van der Waals surface area contributed by atoms with Crippen molar-refractivity contribution < 1.29 is 33.3 Å². The average molecular weight is 561 g/mol. The molecule has 0 radical (unpaired) electrons. The lowest BCUT2D eigenvalue weighted by atomic mass is 9.85. The zero-order valence-corrected chi connectivity index (χ0v) is 22.5. The lowest BCUT2D eigenvalue weighted by Gasteiger charge is -2.35. The zero-order chi connectivity index (χ0) is 28.3. The number of likely N-dealkylation sites (tertiary alicyclic amines) is 1. The number of rotatable bonds is 4. The molecule has 0 aliphatic carbocycles. The highest BCUT2D eigenvalue weighted by atomic mass is 16.7. The molecule has 0 saturated carbocycles. The highest BCUT2D eigenvalue weighted by molar-refractivity contribution is 5.90. The maximum absolute atomic E-state index is 13.7. The van der Waals surface area contributed by atoms with Crippen molar-refractivity contribution in [1.82, 2.24) is 19.8 Å². The lowest BCUT2D eigenvalue weighted by Crippen LogP contribution is -2.49. The van der Waals surface area contributed by atoms with Crippen LogP contribution in [0.25, 0.3) is 22.3 Å². The van der Waals surface area contributed by atoms with Gasteiger partial charge in [0.2, 0.25) is 12.4 Å². The van der Waals surface area contributed by atoms with Crippen LogP contribution in [0.2, 0.25) is 0 Å². The Hall–Kier alpha value is -4.61. The van der Waals surface area contributed by atoms with Gasteiger partial charge in [-0.1, -0.05) is 6.92 Å². The van der Waals surface area contributed by atoms with E-state index in [9.17, 15) is 19.2 Å². The molecule has 1 aromatic carbocycles. The second-order valence-corrected chi connectivity index (χ2v) is 10.6. The van der Waals surface area contributed by atoms with Gasteiger partial charge in [0.05, 0.1) is 29.0 Å². The average Bonchev–Trinajstić information content (AvgIpc) is 3.59. The van der Waals surface area contributed by atoms with Crippen LogP contribution in [-0.4, -0.2) is 58.8 Å². The summed E-state index contributed by atoms with van der Waals surface area (Å²) < 4.78 is 23.8. The Bertz CT molecular complexity index is 1690. The van der Waals surface area contributed by atoms with Crippen LogP contribution in [0.3, 0.4) is 0 Å². The molecule has 41 heavy (non-hydrogen) atoms. The maximum atomic E-state index is 13.7. The SMILES string of the molecule is CC[C@@]1(OC(=O)CNC(=O)N2CCCCC2)C(=O)OCc2c1cc1n(c2=O)Cc2cc3cc4c(cc3nc2-1)OCO4. The molecule has 212 valence electrons. The van der Waals surface area contributed by atoms with Crippen molar-refractivity contribution in [1.29, 1.82) is 0 Å². The number of urea groups is 1. The van der Waals surface area contributed by atoms with Gasteiger partial charge in [-0.25, -0.2) is 14.6 Å². The molecule has 2 amide bonds. The van der Waals surface area contributed by atoms with E-state index in [-0.39, 0.29) is 42.5 Å². The van der Waals surface area contributed by atoms with Crippen molar-refractivity contribution in [2.24, 2.45) is 0 Å². The van der Waals surface area contributed by atoms with Crippen molar-refractivity contribution in [3.8, 4) is 22.9 Å². The molecule has 7 rings (SSSR count). The smallest absolute Gasteiger partial charge is 0.355 e. The van der Waals surface area contributed by atoms with E-state index in [0.717, 1.165) is 30.2 Å². The van der Waals surface area contributed by atoms with Crippen molar-refractivity contribution in [2.45, 2.75) is 51.4 Å². The molecule has 1 atom stereocenters. The summed E-state index contributed by atoms with van der Waals surface area (Å²) in [6.07, 6.45) is 2.93. The van der Waals surface area contributed by atoms with Gasteiger partial charge in [-0.2, -0.15) is 0 Å². The van der Waals surface area contributed by atoms with Crippen LogP contribution >= 0.6 is 0 Å². The summed E-state index contributed by atoms with van der Waals surface area (Å²) >= 11 is 0. The topological polar surface area (TPSA) is 138 Å². The fraction of sp³-hybridized carbons (Fsp3) is 0.414. The molecule has 1 fully saturated rings. The van der Waals surface area contributed by atoms with E-state index in [1.54, 1.807) is 28.5 Å². The van der Waals surface area contributed by atoms with Gasteiger partial charge in [0.1, 0.15) is 13.2 Å². The van der Waals surface area contributed by atoms with E-state index in [1.165, 1.54) is 0 Å². The molecule has 1 N–H and O–H groups in total. The monoisotopic (exact) mass is 560 g/mol. The third kappa shape index (κ3) is 3.99. The summed E-state index contributed by atoms with van der Waals surface area (Å²) in [7, 11) is 0. The van der Waals surface area contributed by atoms with Crippen molar-refractivity contribution in [3.63, 3.8) is 0 Å². The number of hydrogen-bond donors (Lipinski definition) is 1. The molecule has 12 heteroatoms. The van der Waals surface area contributed by atoms with E-state index < -0.39 is 24.1 Å². The Balaban J connectivity index is 1.23. The van der Waals surface area contributed by atoms with Gasteiger partial charge in [0.25, 0.3) is 5.56 Å². The third-order valence-corrected chi connectivity index (χ3v) is 8.28. The number of carbonyl (C=O) groups is 3. The largest absolute Gasteiger partial charge is 0.457 e. The Morgan fingerprint density at radius 2 is 1.83 bits per heavy atom. The van der Waals surface area contributed by atoms with Crippen molar-refractivity contribution in [3.05, 3.63) is 51.3 Å². The molecule has 0 bridgehead atoms. The third-order valence-electron chi connectivity index (χ3n) is 8.28. The molecule has 6 heterocycles. The number of pyridine rings is 2. The number of piperidine rings is 1. The quantitative estimate of drug-likeness (QED) is 0.373.